The van der Waals surface area contributed by atoms with Crippen molar-refractivity contribution in [3.63, 3.8) is 0 Å². The Morgan fingerprint density at radius 1 is 1.07 bits per heavy atom. The van der Waals surface area contributed by atoms with Crippen LogP contribution in [0.25, 0.3) is 22.0 Å². The fourth-order valence-electron chi connectivity index (χ4n) is 6.24. The number of rotatable bonds is 7. The molecule has 0 bridgehead atoms. The lowest BCUT2D eigenvalue weighted by atomic mass is 10.0. The number of fused-ring (bicyclic) bond motifs is 2. The summed E-state index contributed by atoms with van der Waals surface area (Å²) in [4.78, 5) is 53.4. The first-order chi connectivity index (χ1) is 21.2. The maximum atomic E-state index is 13.9. The molecule has 6 rings (SSSR count). The second-order valence-corrected chi connectivity index (χ2v) is 12.0. The van der Waals surface area contributed by atoms with Crippen molar-refractivity contribution in [2.75, 3.05) is 5.32 Å². The van der Waals surface area contributed by atoms with E-state index < -0.39 is 29.7 Å². The zero-order valence-corrected chi connectivity index (χ0v) is 24.9. The number of pyridine rings is 1. The molecule has 0 radical (unpaired) electrons. The summed E-state index contributed by atoms with van der Waals surface area (Å²) in [5.74, 6) is -1.25. The van der Waals surface area contributed by atoms with Crippen molar-refractivity contribution in [2.45, 2.75) is 71.9 Å². The van der Waals surface area contributed by atoms with E-state index in [2.05, 4.69) is 25.4 Å². The average Bonchev–Trinajstić information content (AvgIpc) is 3.33. The van der Waals surface area contributed by atoms with Crippen LogP contribution in [-0.4, -0.2) is 64.4 Å². The number of carbonyl (C=O) groups is 3. The Balaban J connectivity index is 1.30. The van der Waals surface area contributed by atoms with Crippen LogP contribution in [0.15, 0.2) is 36.7 Å². The summed E-state index contributed by atoms with van der Waals surface area (Å²) in [6, 6.07) is 4.60. The number of alkyl halides is 3. The van der Waals surface area contributed by atoms with Crippen LogP contribution < -0.4 is 5.32 Å². The van der Waals surface area contributed by atoms with Gasteiger partial charge in [0.05, 0.1) is 5.52 Å². The number of amides is 2. The summed E-state index contributed by atoms with van der Waals surface area (Å²) < 4.78 is 41.3. The first kappa shape index (κ1) is 30.3. The van der Waals surface area contributed by atoms with Gasteiger partial charge < -0.3 is 15.3 Å². The van der Waals surface area contributed by atoms with E-state index in [0.717, 1.165) is 17.2 Å². The van der Waals surface area contributed by atoms with Crippen molar-refractivity contribution in [3.05, 3.63) is 65.0 Å². The molecule has 2 aliphatic rings. The van der Waals surface area contributed by atoms with Crippen LogP contribution in [0.5, 0.6) is 0 Å². The highest BCUT2D eigenvalue weighted by atomic mass is 19.4. The van der Waals surface area contributed by atoms with Gasteiger partial charge in [-0.15, -0.1) is 0 Å². The molecule has 1 saturated heterocycles. The molecule has 4 heterocycles. The number of likely N-dealkylation sites (tertiary alicyclic amines) is 1. The Kier molecular flexibility index (Phi) is 7.22. The molecule has 1 saturated carbocycles. The largest absolute Gasteiger partial charge is 0.433 e. The fourth-order valence-corrected chi connectivity index (χ4v) is 6.24. The summed E-state index contributed by atoms with van der Waals surface area (Å²) in [6.45, 7) is 6.17. The number of nitrogens with one attached hydrogen (secondary N) is 1. The van der Waals surface area contributed by atoms with Crippen LogP contribution in [0.2, 0.25) is 0 Å². The fraction of sp³-hybridized carbons (Fsp3) is 0.387. The van der Waals surface area contributed by atoms with Crippen LogP contribution in [0.1, 0.15) is 59.8 Å². The zero-order valence-electron chi connectivity index (χ0n) is 24.9. The number of anilines is 1. The van der Waals surface area contributed by atoms with Gasteiger partial charge in [0, 0.05) is 36.3 Å². The van der Waals surface area contributed by atoms with Crippen molar-refractivity contribution < 1.29 is 32.7 Å². The lowest BCUT2D eigenvalue weighted by molar-refractivity contribution is -0.141. The molecule has 2 amide bonds. The number of Topliss-reactive ketones (excluding diaryl/α,β-unsaturated/α-hetero) is 1. The molecule has 3 atom stereocenters. The van der Waals surface area contributed by atoms with Gasteiger partial charge in [0.2, 0.25) is 11.8 Å². The van der Waals surface area contributed by atoms with Crippen LogP contribution in [-0.2, 0) is 28.9 Å². The first-order valence-corrected chi connectivity index (χ1v) is 14.3. The monoisotopic (exact) mass is 621 g/mol. The predicted octanol–water partition coefficient (Wildman–Crippen LogP) is 4.24. The summed E-state index contributed by atoms with van der Waals surface area (Å²) in [7, 11) is 0. The zero-order chi connectivity index (χ0) is 32.4. The van der Waals surface area contributed by atoms with Crippen molar-refractivity contribution in [1.82, 2.24) is 29.6 Å². The third-order valence-corrected chi connectivity index (χ3v) is 8.69. The smallest absolute Gasteiger partial charge is 0.388 e. The summed E-state index contributed by atoms with van der Waals surface area (Å²) in [5, 5.41) is 16.8. The molecule has 1 aliphatic carbocycles. The van der Waals surface area contributed by atoms with E-state index in [1.807, 2.05) is 19.9 Å². The van der Waals surface area contributed by atoms with E-state index in [1.165, 1.54) is 22.6 Å². The summed E-state index contributed by atoms with van der Waals surface area (Å²) >= 11 is 0. The predicted molar refractivity (Wildman–Crippen MR) is 156 cm³/mol. The van der Waals surface area contributed by atoms with Gasteiger partial charge in [-0.25, -0.2) is 15.0 Å². The summed E-state index contributed by atoms with van der Waals surface area (Å²) in [6.07, 6.45) is -0.489. The maximum Gasteiger partial charge on any atom is 0.433 e. The van der Waals surface area contributed by atoms with Crippen molar-refractivity contribution in [3.8, 4) is 11.1 Å². The van der Waals surface area contributed by atoms with Crippen LogP contribution in [0, 0.1) is 19.3 Å². The molecule has 45 heavy (non-hydrogen) atoms. The van der Waals surface area contributed by atoms with Crippen molar-refractivity contribution in [1.29, 1.82) is 0 Å². The quantitative estimate of drug-likeness (QED) is 0.292. The Labute approximate surface area is 255 Å². The number of aliphatic hydroxyl groups is 1. The Bertz CT molecular complexity index is 1870. The molecule has 3 aromatic heterocycles. The SMILES string of the molecule is CC(=O)c1nn(CC(=O)N2[C@H](C(=O)Nc3nc(C(F)(F)F)ccc3C)C[C@@]3(C)C[C@@H]23)c2c(C)cc(-c3cnc(CO)nc3)cc12. The molecule has 0 spiro atoms. The molecule has 1 aliphatic heterocycles. The molecule has 234 valence electrons. The van der Waals surface area contributed by atoms with Crippen molar-refractivity contribution in [2.24, 2.45) is 5.41 Å². The molecular formula is C31H30F3N7O4. The summed E-state index contributed by atoms with van der Waals surface area (Å²) in [5.41, 5.74) is 1.82. The first-order valence-electron chi connectivity index (χ1n) is 14.3. The average molecular weight is 622 g/mol. The molecule has 2 N–H and O–H groups in total. The van der Waals surface area contributed by atoms with E-state index in [4.69, 9.17) is 0 Å². The number of aromatic nitrogens is 5. The van der Waals surface area contributed by atoms with E-state index in [9.17, 15) is 32.7 Å². The van der Waals surface area contributed by atoms with E-state index in [1.54, 1.807) is 25.4 Å². The Morgan fingerprint density at radius 2 is 1.78 bits per heavy atom. The lowest BCUT2D eigenvalue weighted by Gasteiger charge is -2.27. The number of hydrogen-bond acceptors (Lipinski definition) is 8. The number of ketones is 1. The number of benzene rings is 1. The van der Waals surface area contributed by atoms with Crippen molar-refractivity contribution >= 4 is 34.3 Å². The number of aryl methyl sites for hydroxylation is 2. The van der Waals surface area contributed by atoms with Gasteiger partial charge in [0.1, 0.15) is 36.4 Å². The number of halogens is 3. The van der Waals surface area contributed by atoms with E-state index in [-0.39, 0.29) is 47.7 Å². The second kappa shape index (κ2) is 10.7. The third-order valence-electron chi connectivity index (χ3n) is 8.69. The molecule has 1 aromatic carbocycles. The van der Waals surface area contributed by atoms with Gasteiger partial charge >= 0.3 is 6.18 Å². The minimum absolute atomic E-state index is 0.175. The topological polar surface area (TPSA) is 143 Å². The number of piperidine rings is 1. The highest BCUT2D eigenvalue weighted by Gasteiger charge is 2.64. The Hall–Kier alpha value is -4.72. The molecular weight excluding hydrogens is 591 g/mol. The number of carbonyl (C=O) groups excluding carboxylic acids is 3. The molecule has 2 fully saturated rings. The minimum atomic E-state index is -4.68. The normalized spacial score (nSPS) is 20.8. The van der Waals surface area contributed by atoms with Gasteiger partial charge in [-0.3, -0.25) is 19.1 Å². The van der Waals surface area contributed by atoms with Gasteiger partial charge in [-0.2, -0.15) is 18.3 Å². The van der Waals surface area contributed by atoms with Crippen LogP contribution >= 0.6 is 0 Å². The molecule has 11 nitrogen and oxygen atoms in total. The minimum Gasteiger partial charge on any atom is -0.388 e. The lowest BCUT2D eigenvalue weighted by Crippen LogP contribution is -2.47. The highest BCUT2D eigenvalue weighted by molar-refractivity contribution is 6.07. The highest BCUT2D eigenvalue weighted by Crippen LogP contribution is 2.59. The van der Waals surface area contributed by atoms with Gasteiger partial charge in [0.25, 0.3) is 0 Å². The van der Waals surface area contributed by atoms with Crippen LogP contribution in [0.3, 0.4) is 0 Å². The Morgan fingerprint density at radius 3 is 2.42 bits per heavy atom. The number of aliphatic hydroxyl groups excluding tert-OH is 1. The van der Waals surface area contributed by atoms with E-state index in [0.29, 0.717) is 34.9 Å². The van der Waals surface area contributed by atoms with Crippen LogP contribution in [0.4, 0.5) is 19.0 Å². The number of hydrogen-bond donors (Lipinski definition) is 2. The second-order valence-electron chi connectivity index (χ2n) is 12.0. The molecule has 14 heteroatoms. The maximum absolute atomic E-state index is 13.9. The van der Waals surface area contributed by atoms with Gasteiger partial charge in [0.15, 0.2) is 11.6 Å². The molecule has 4 aromatic rings. The third kappa shape index (κ3) is 5.43. The van der Waals surface area contributed by atoms with E-state index >= 15 is 0 Å². The number of nitrogens with zero attached hydrogens (tertiary/aromatic N) is 6. The van der Waals surface area contributed by atoms with Gasteiger partial charge in [-0.05, 0) is 67.0 Å². The standard InChI is InChI=1S/C31H30F3N7O4/c1-15-5-6-22(31(32,33)34)37-28(15)38-29(45)21-9-30(4)10-23(30)41(21)25(44)13-40-27-16(2)7-18(8-20(27)26(39-40)17(3)43)19-11-35-24(14-42)36-12-19/h5-8,11-12,21,23,42H,9-10,13-14H2,1-4H3,(H,37,38,45)/t21-,23+,30-/m0/s1. The molecule has 0 unspecified atom stereocenters. The van der Waals surface area contributed by atoms with Gasteiger partial charge in [-0.1, -0.05) is 13.0 Å².